The van der Waals surface area contributed by atoms with E-state index in [1.807, 2.05) is 24.5 Å². The summed E-state index contributed by atoms with van der Waals surface area (Å²) in [6.07, 6.45) is 3.74. The van der Waals surface area contributed by atoms with Gasteiger partial charge in [-0.2, -0.15) is 0 Å². The zero-order valence-corrected chi connectivity index (χ0v) is 59.0. The molecule has 108 heavy (non-hydrogen) atoms. The average molecular weight is 1380 g/mol. The highest BCUT2D eigenvalue weighted by Gasteiger charge is 2.28. The molecule has 0 bridgehead atoms. The summed E-state index contributed by atoms with van der Waals surface area (Å²) in [6.45, 7) is 0. The van der Waals surface area contributed by atoms with Crippen molar-refractivity contribution >= 4 is 112 Å². The monoisotopic (exact) mass is 1380 g/mol. The highest BCUT2D eigenvalue weighted by atomic mass is 15.2. The Morgan fingerprint density at radius 3 is 0.657 bits per heavy atom. The molecule has 0 fully saturated rings. The summed E-state index contributed by atoms with van der Waals surface area (Å²) >= 11 is 0. The molecule has 8 heteroatoms. The maximum atomic E-state index is 4.86. The first kappa shape index (κ1) is 64.3. The molecule has 0 amide bonds. The summed E-state index contributed by atoms with van der Waals surface area (Å²) in [5, 5.41) is 4.38. The van der Waals surface area contributed by atoms with E-state index in [1.165, 1.54) is 0 Å². The minimum atomic E-state index is 0.904. The van der Waals surface area contributed by atoms with Gasteiger partial charge in [0.25, 0.3) is 0 Å². The van der Waals surface area contributed by atoms with Gasteiger partial charge in [-0.3, -0.25) is 9.97 Å². The maximum Gasteiger partial charge on any atom is 0.0701 e. The molecule has 19 rings (SSSR count). The molecule has 0 aliphatic rings. The third-order valence-corrected chi connectivity index (χ3v) is 20.5. The predicted molar refractivity (Wildman–Crippen MR) is 451 cm³/mol. The van der Waals surface area contributed by atoms with E-state index in [2.05, 4.69) is 429 Å². The first-order chi connectivity index (χ1) is 53.6. The van der Waals surface area contributed by atoms with Crippen molar-refractivity contribution < 1.29 is 0 Å². The van der Waals surface area contributed by atoms with Gasteiger partial charge in [0.05, 0.1) is 39.1 Å². The zero-order valence-electron chi connectivity index (χ0n) is 59.0. The van der Waals surface area contributed by atoms with E-state index in [0.717, 1.165) is 168 Å². The molecule has 510 valence electrons. The summed E-state index contributed by atoms with van der Waals surface area (Å²) < 4.78 is 5.04. The van der Waals surface area contributed by atoms with E-state index in [0.29, 0.717) is 0 Å². The molecule has 0 spiro atoms. The number of pyridine rings is 2. The van der Waals surface area contributed by atoms with Gasteiger partial charge < -0.3 is 28.7 Å². The van der Waals surface area contributed by atoms with Crippen LogP contribution in [0.3, 0.4) is 0 Å². The van der Waals surface area contributed by atoms with Gasteiger partial charge >= 0.3 is 0 Å². The van der Waals surface area contributed by atoms with Gasteiger partial charge in [0.1, 0.15) is 0 Å². The Morgan fingerprint density at radius 1 is 0.185 bits per heavy atom. The van der Waals surface area contributed by atoms with Crippen LogP contribution in [0.5, 0.6) is 0 Å². The quantitative estimate of drug-likeness (QED) is 0.0853. The van der Waals surface area contributed by atoms with Crippen LogP contribution in [0, 0.1) is 0 Å². The Kier molecular flexibility index (Phi) is 16.8. The molecule has 8 nitrogen and oxygen atoms in total. The van der Waals surface area contributed by atoms with Gasteiger partial charge in [-0.15, -0.1) is 0 Å². The molecule has 0 N–H and O–H groups in total. The fourth-order valence-electron chi connectivity index (χ4n) is 15.6. The molecule has 19 aromatic rings. The standard InChI is InChI=1S/C100H70N8/c1-9-29-75(30-10-1)103(76-31-11-2-12-32-76)83-55-59-96-90(65-83)91-66-84(104(77-33-13-3-14-34-77)78-35-15-4-16-36-78)56-60-97(91)107(96)87-69-88(71-47-51-73(52-48-71)94-45-25-27-63-101-94)100(89(70-87)72-49-53-74(54-50-72)95-46-26-28-64-102-95)108-98-61-57-85(105(79-37-17-5-18-38-79)80-39-19-6-20-40-80)67-92(98)93-68-86(58-62-99(93)108)106(81-41-21-7-22-42-81)82-43-23-8-24-44-82/h1-70H. The lowest BCUT2D eigenvalue weighted by Gasteiger charge is -2.26. The van der Waals surface area contributed by atoms with Crippen molar-refractivity contribution in [1.29, 1.82) is 0 Å². The number of hydrogen-bond acceptors (Lipinski definition) is 6. The molecule has 15 aromatic carbocycles. The smallest absolute Gasteiger partial charge is 0.0701 e. The molecule has 0 aliphatic carbocycles. The van der Waals surface area contributed by atoms with Crippen LogP contribution in [-0.4, -0.2) is 19.1 Å². The fraction of sp³-hybridized carbons (Fsp3) is 0. The zero-order chi connectivity index (χ0) is 71.7. The molecule has 4 aromatic heterocycles. The molecular weight excluding hydrogens is 1310 g/mol. The van der Waals surface area contributed by atoms with Crippen LogP contribution in [0.2, 0.25) is 0 Å². The van der Waals surface area contributed by atoms with Crippen LogP contribution in [-0.2, 0) is 0 Å². The average Bonchev–Trinajstić information content (AvgIpc) is 1.56. The van der Waals surface area contributed by atoms with Crippen molar-refractivity contribution in [2.75, 3.05) is 19.6 Å². The lowest BCUT2D eigenvalue weighted by atomic mass is 9.93. The Labute approximate surface area is 627 Å². The minimum absolute atomic E-state index is 0.904. The summed E-state index contributed by atoms with van der Waals surface area (Å²) in [6, 6.07) is 149. The molecule has 4 heterocycles. The second-order valence-electron chi connectivity index (χ2n) is 27.0. The van der Waals surface area contributed by atoms with Crippen LogP contribution in [0.1, 0.15) is 0 Å². The number of nitrogens with zero attached hydrogens (tertiary/aromatic N) is 8. The number of aromatic nitrogens is 4. The second kappa shape index (κ2) is 28.2. The first-order valence-corrected chi connectivity index (χ1v) is 36.6. The van der Waals surface area contributed by atoms with Crippen LogP contribution < -0.4 is 19.6 Å². The van der Waals surface area contributed by atoms with Crippen molar-refractivity contribution in [1.82, 2.24) is 19.1 Å². The van der Waals surface area contributed by atoms with Crippen molar-refractivity contribution in [3.8, 4) is 56.1 Å². The van der Waals surface area contributed by atoms with E-state index >= 15 is 0 Å². The fourth-order valence-corrected chi connectivity index (χ4v) is 15.6. The van der Waals surface area contributed by atoms with E-state index in [4.69, 9.17) is 9.97 Å². The van der Waals surface area contributed by atoms with Gasteiger partial charge in [0, 0.05) is 130 Å². The van der Waals surface area contributed by atoms with Crippen LogP contribution >= 0.6 is 0 Å². The van der Waals surface area contributed by atoms with E-state index in [-0.39, 0.29) is 0 Å². The molecule has 0 radical (unpaired) electrons. The van der Waals surface area contributed by atoms with E-state index in [1.54, 1.807) is 0 Å². The summed E-state index contributed by atoms with van der Waals surface area (Å²) in [4.78, 5) is 19.2. The van der Waals surface area contributed by atoms with Crippen molar-refractivity contribution in [3.05, 3.63) is 425 Å². The third-order valence-electron chi connectivity index (χ3n) is 20.5. The minimum Gasteiger partial charge on any atom is -0.310 e. The van der Waals surface area contributed by atoms with Crippen LogP contribution in [0.15, 0.2) is 425 Å². The van der Waals surface area contributed by atoms with Crippen molar-refractivity contribution in [2.24, 2.45) is 0 Å². The summed E-state index contributed by atoms with van der Waals surface area (Å²) in [7, 11) is 0. The Hall–Kier alpha value is -14.6. The predicted octanol–water partition coefficient (Wildman–Crippen LogP) is 27.2. The normalized spacial score (nSPS) is 11.3. The summed E-state index contributed by atoms with van der Waals surface area (Å²) in [5.74, 6) is 0. The molecule has 0 saturated carbocycles. The van der Waals surface area contributed by atoms with Gasteiger partial charge in [-0.1, -0.05) is 206 Å². The lowest BCUT2D eigenvalue weighted by Crippen LogP contribution is -2.09. The Bertz CT molecular complexity index is 5820. The number of benzene rings is 15. The SMILES string of the molecule is c1ccc(N(c2ccccc2)c2ccc3c(c2)c2cc(N(c4ccccc4)c4ccccc4)ccc2n3-c2cc(-c3ccc(-c4ccccn4)cc3)c(-n3c4ccc(N(c5ccccc5)c5ccccc5)cc4c4cc(N(c5ccccc5)c5ccccc5)ccc43)c(-c3ccc(-c4ccccn4)cc3)c2)cc1. The Balaban J connectivity index is 0.924. The van der Waals surface area contributed by atoms with Gasteiger partial charge in [-0.25, -0.2) is 0 Å². The molecule has 0 saturated heterocycles. The lowest BCUT2D eigenvalue weighted by molar-refractivity contribution is 1.15. The topological polar surface area (TPSA) is 48.6 Å². The molecule has 0 aliphatic heterocycles. The van der Waals surface area contributed by atoms with Gasteiger partial charge in [0.2, 0.25) is 0 Å². The van der Waals surface area contributed by atoms with E-state index in [9.17, 15) is 0 Å². The van der Waals surface area contributed by atoms with Crippen LogP contribution in [0.25, 0.3) is 99.8 Å². The van der Waals surface area contributed by atoms with Crippen LogP contribution in [0.4, 0.5) is 68.2 Å². The second-order valence-corrected chi connectivity index (χ2v) is 27.0. The number of anilines is 12. The largest absolute Gasteiger partial charge is 0.310 e. The van der Waals surface area contributed by atoms with Crippen molar-refractivity contribution in [3.63, 3.8) is 0 Å². The maximum absolute atomic E-state index is 4.86. The molecular formula is C100H70N8. The highest BCUT2D eigenvalue weighted by molar-refractivity contribution is 6.15. The number of rotatable bonds is 18. The molecule has 0 unspecified atom stereocenters. The van der Waals surface area contributed by atoms with E-state index < -0.39 is 0 Å². The number of fused-ring (bicyclic) bond motifs is 6. The Morgan fingerprint density at radius 2 is 0.417 bits per heavy atom. The molecule has 0 atom stereocenters. The number of para-hydroxylation sites is 8. The summed E-state index contributed by atoms with van der Waals surface area (Å²) in [5.41, 5.74) is 26.8. The van der Waals surface area contributed by atoms with Crippen molar-refractivity contribution in [2.45, 2.75) is 0 Å². The number of hydrogen-bond donors (Lipinski definition) is 0. The van der Waals surface area contributed by atoms with Gasteiger partial charge in [0.15, 0.2) is 0 Å². The van der Waals surface area contributed by atoms with Gasteiger partial charge in [-0.05, 0) is 217 Å². The third kappa shape index (κ3) is 12.0. The highest BCUT2D eigenvalue weighted by Crippen LogP contribution is 2.50. The first-order valence-electron chi connectivity index (χ1n) is 36.6.